The Bertz CT molecular complexity index is 821. The zero-order valence-electron chi connectivity index (χ0n) is 11.0. The average molecular weight is 380 g/mol. The van der Waals surface area contributed by atoms with Crippen molar-refractivity contribution >= 4 is 33.5 Å². The van der Waals surface area contributed by atoms with E-state index in [4.69, 9.17) is 0 Å². The molecular formula is C14H13IN4O. The maximum Gasteiger partial charge on any atom is 0.261 e. The molecule has 20 heavy (non-hydrogen) atoms. The fraction of sp³-hybridized carbons (Fsp3) is 0.214. The first-order valence-corrected chi connectivity index (χ1v) is 7.34. The van der Waals surface area contributed by atoms with Crippen LogP contribution in [0.4, 0.5) is 0 Å². The van der Waals surface area contributed by atoms with Crippen LogP contribution in [0.15, 0.2) is 41.6 Å². The summed E-state index contributed by atoms with van der Waals surface area (Å²) in [7, 11) is 1.90. The van der Waals surface area contributed by atoms with Gasteiger partial charge in [0.2, 0.25) is 0 Å². The molecule has 102 valence electrons. The maximum atomic E-state index is 12.4. The number of halogens is 1. The van der Waals surface area contributed by atoms with Crippen LogP contribution in [0.25, 0.3) is 10.9 Å². The second kappa shape index (κ2) is 5.35. The summed E-state index contributed by atoms with van der Waals surface area (Å²) in [4.78, 5) is 16.8. The van der Waals surface area contributed by atoms with Gasteiger partial charge in [0, 0.05) is 35.5 Å². The van der Waals surface area contributed by atoms with Gasteiger partial charge in [-0.3, -0.25) is 14.0 Å². The van der Waals surface area contributed by atoms with Gasteiger partial charge in [0.1, 0.15) is 0 Å². The molecular weight excluding hydrogens is 367 g/mol. The summed E-state index contributed by atoms with van der Waals surface area (Å²) in [6, 6.07) is 7.67. The van der Waals surface area contributed by atoms with Gasteiger partial charge in [-0.1, -0.05) is 0 Å². The molecule has 6 heteroatoms. The minimum absolute atomic E-state index is 0.00989. The third-order valence-corrected chi connectivity index (χ3v) is 3.99. The van der Waals surface area contributed by atoms with Crippen LogP contribution in [-0.2, 0) is 20.0 Å². The van der Waals surface area contributed by atoms with Gasteiger partial charge in [0.25, 0.3) is 5.56 Å². The van der Waals surface area contributed by atoms with E-state index in [1.165, 1.54) is 0 Å². The highest BCUT2D eigenvalue weighted by Gasteiger charge is 2.06. The van der Waals surface area contributed by atoms with E-state index in [2.05, 4.69) is 32.7 Å². The topological polar surface area (TPSA) is 52.7 Å². The van der Waals surface area contributed by atoms with Gasteiger partial charge >= 0.3 is 0 Å². The first-order valence-electron chi connectivity index (χ1n) is 6.27. The standard InChI is InChI=1S/C14H13IN4O/c1-18-11(4-6-17-18)5-7-19-9-16-13-3-2-10(15)8-12(13)14(19)20/h2-4,6,8-9H,5,7H2,1H3. The molecule has 0 saturated carbocycles. The largest absolute Gasteiger partial charge is 0.298 e. The fourth-order valence-electron chi connectivity index (χ4n) is 2.17. The van der Waals surface area contributed by atoms with Crippen molar-refractivity contribution in [1.82, 2.24) is 19.3 Å². The summed E-state index contributed by atoms with van der Waals surface area (Å²) in [5.74, 6) is 0. The van der Waals surface area contributed by atoms with Gasteiger partial charge in [-0.2, -0.15) is 5.10 Å². The Morgan fingerprint density at radius 2 is 2.15 bits per heavy atom. The third-order valence-electron chi connectivity index (χ3n) is 3.32. The zero-order valence-corrected chi connectivity index (χ0v) is 13.1. The van der Waals surface area contributed by atoms with Crippen LogP contribution < -0.4 is 5.56 Å². The van der Waals surface area contributed by atoms with Gasteiger partial charge in [-0.15, -0.1) is 0 Å². The Labute approximate surface area is 129 Å². The number of hydrogen-bond donors (Lipinski definition) is 0. The van der Waals surface area contributed by atoms with Crippen molar-refractivity contribution in [2.45, 2.75) is 13.0 Å². The summed E-state index contributed by atoms with van der Waals surface area (Å²) in [6.07, 6.45) is 4.14. The maximum absolute atomic E-state index is 12.4. The van der Waals surface area contributed by atoms with Gasteiger partial charge in [-0.25, -0.2) is 4.98 Å². The molecule has 0 radical (unpaired) electrons. The molecule has 0 aliphatic rings. The van der Waals surface area contributed by atoms with Crippen molar-refractivity contribution in [2.24, 2.45) is 7.05 Å². The van der Waals surface area contributed by atoms with Crippen LogP contribution >= 0.6 is 22.6 Å². The van der Waals surface area contributed by atoms with Gasteiger partial charge in [0.05, 0.1) is 17.2 Å². The first-order chi connectivity index (χ1) is 9.65. The first kappa shape index (κ1) is 13.3. The Hall–Kier alpha value is -1.70. The molecule has 0 saturated heterocycles. The molecule has 0 bridgehead atoms. The Balaban J connectivity index is 1.94. The molecule has 2 aromatic heterocycles. The molecule has 2 heterocycles. The van der Waals surface area contributed by atoms with Crippen molar-refractivity contribution in [1.29, 1.82) is 0 Å². The second-order valence-electron chi connectivity index (χ2n) is 4.60. The van der Waals surface area contributed by atoms with E-state index in [1.807, 2.05) is 36.0 Å². The van der Waals surface area contributed by atoms with Crippen LogP contribution in [-0.4, -0.2) is 19.3 Å². The quantitative estimate of drug-likeness (QED) is 0.653. The van der Waals surface area contributed by atoms with Crippen LogP contribution in [0.2, 0.25) is 0 Å². The van der Waals surface area contributed by atoms with E-state index >= 15 is 0 Å². The third kappa shape index (κ3) is 2.47. The van der Waals surface area contributed by atoms with E-state index in [9.17, 15) is 4.79 Å². The molecule has 1 aromatic carbocycles. The highest BCUT2D eigenvalue weighted by atomic mass is 127. The fourth-order valence-corrected chi connectivity index (χ4v) is 2.66. The molecule has 0 spiro atoms. The molecule has 3 aromatic rings. The summed E-state index contributed by atoms with van der Waals surface area (Å²) >= 11 is 2.20. The highest BCUT2D eigenvalue weighted by Crippen LogP contribution is 2.11. The Morgan fingerprint density at radius 3 is 2.90 bits per heavy atom. The number of fused-ring (bicyclic) bond motifs is 1. The monoisotopic (exact) mass is 380 g/mol. The Kier molecular flexibility index (Phi) is 3.56. The summed E-state index contributed by atoms with van der Waals surface area (Å²) in [5, 5.41) is 4.80. The Morgan fingerprint density at radius 1 is 1.30 bits per heavy atom. The summed E-state index contributed by atoms with van der Waals surface area (Å²) in [6.45, 7) is 0.604. The molecule has 0 fully saturated rings. The SMILES string of the molecule is Cn1nccc1CCn1cnc2ccc(I)cc2c1=O. The molecule has 0 atom stereocenters. The van der Waals surface area contributed by atoms with E-state index in [-0.39, 0.29) is 5.56 Å². The van der Waals surface area contributed by atoms with E-state index in [1.54, 1.807) is 17.1 Å². The number of aromatic nitrogens is 4. The van der Waals surface area contributed by atoms with E-state index < -0.39 is 0 Å². The van der Waals surface area contributed by atoms with Crippen LogP contribution in [0, 0.1) is 3.57 Å². The highest BCUT2D eigenvalue weighted by molar-refractivity contribution is 14.1. The molecule has 3 rings (SSSR count). The smallest absolute Gasteiger partial charge is 0.261 e. The summed E-state index contributed by atoms with van der Waals surface area (Å²) in [5.41, 5.74) is 1.85. The minimum Gasteiger partial charge on any atom is -0.298 e. The van der Waals surface area contributed by atoms with Crippen molar-refractivity contribution in [3.8, 4) is 0 Å². The van der Waals surface area contributed by atoms with Gasteiger partial charge < -0.3 is 0 Å². The van der Waals surface area contributed by atoms with Crippen LogP contribution in [0.3, 0.4) is 0 Å². The van der Waals surface area contributed by atoms with Crippen molar-refractivity contribution in [2.75, 3.05) is 0 Å². The van der Waals surface area contributed by atoms with Crippen molar-refractivity contribution < 1.29 is 0 Å². The van der Waals surface area contributed by atoms with Gasteiger partial charge in [0.15, 0.2) is 0 Å². The van der Waals surface area contributed by atoms with Crippen molar-refractivity contribution in [3.05, 3.63) is 56.4 Å². The number of benzene rings is 1. The molecule has 0 unspecified atom stereocenters. The number of rotatable bonds is 3. The molecule has 0 amide bonds. The van der Waals surface area contributed by atoms with E-state index in [0.717, 1.165) is 21.2 Å². The van der Waals surface area contributed by atoms with Crippen LogP contribution in [0.5, 0.6) is 0 Å². The van der Waals surface area contributed by atoms with Crippen molar-refractivity contribution in [3.63, 3.8) is 0 Å². The normalized spacial score (nSPS) is 11.1. The van der Waals surface area contributed by atoms with E-state index in [0.29, 0.717) is 11.9 Å². The van der Waals surface area contributed by atoms with Gasteiger partial charge in [-0.05, 0) is 46.9 Å². The molecule has 0 aliphatic heterocycles. The lowest BCUT2D eigenvalue weighted by Gasteiger charge is -2.07. The minimum atomic E-state index is 0.00989. The lowest BCUT2D eigenvalue weighted by atomic mass is 10.2. The molecule has 0 N–H and O–H groups in total. The number of aryl methyl sites for hydroxylation is 3. The average Bonchev–Trinajstić information content (AvgIpc) is 2.84. The zero-order chi connectivity index (χ0) is 14.1. The predicted octanol–water partition coefficient (Wildman–Crippen LogP) is 1.98. The predicted molar refractivity (Wildman–Crippen MR) is 85.6 cm³/mol. The lowest BCUT2D eigenvalue weighted by molar-refractivity contribution is 0.618. The second-order valence-corrected chi connectivity index (χ2v) is 5.85. The molecule has 0 aliphatic carbocycles. The molecule has 5 nitrogen and oxygen atoms in total. The number of nitrogens with zero attached hydrogens (tertiary/aromatic N) is 4. The number of hydrogen-bond acceptors (Lipinski definition) is 3. The lowest BCUT2D eigenvalue weighted by Crippen LogP contribution is -2.22. The summed E-state index contributed by atoms with van der Waals surface area (Å²) < 4.78 is 4.52. The van der Waals surface area contributed by atoms with Crippen LogP contribution in [0.1, 0.15) is 5.69 Å².